The highest BCUT2D eigenvalue weighted by Crippen LogP contribution is 1.98. The van der Waals surface area contributed by atoms with E-state index in [2.05, 4.69) is 16.0 Å². The zero-order chi connectivity index (χ0) is 22.7. The third-order valence-electron chi connectivity index (χ3n) is 3.46. The highest BCUT2D eigenvalue weighted by molar-refractivity contribution is 5.94. The van der Waals surface area contributed by atoms with E-state index in [-0.39, 0.29) is 6.54 Å². The van der Waals surface area contributed by atoms with Crippen LogP contribution in [0.5, 0.6) is 0 Å². The van der Waals surface area contributed by atoms with E-state index in [1.165, 1.54) is 13.8 Å². The monoisotopic (exact) mass is 419 g/mol. The average molecular weight is 419 g/mol. The molecule has 14 nitrogen and oxygen atoms in total. The lowest BCUT2D eigenvalue weighted by Crippen LogP contribution is -2.58. The van der Waals surface area contributed by atoms with Gasteiger partial charge in [0, 0.05) is 0 Å². The molecule has 0 bridgehead atoms. The third kappa shape index (κ3) is 10.0. The van der Waals surface area contributed by atoms with Gasteiger partial charge in [-0.05, 0) is 13.8 Å². The number of hydrogen-bond donors (Lipinski definition) is 8. The Hall–Kier alpha value is -3.26. The van der Waals surface area contributed by atoms with E-state index in [0.29, 0.717) is 0 Å². The van der Waals surface area contributed by atoms with E-state index in [9.17, 15) is 33.9 Å². The van der Waals surface area contributed by atoms with Gasteiger partial charge in [-0.3, -0.25) is 24.0 Å². The fraction of sp³-hybridized carbons (Fsp3) is 0.600. The molecule has 0 aliphatic rings. The molecule has 4 atom stereocenters. The fourth-order valence-electron chi connectivity index (χ4n) is 1.92. The molecule has 0 saturated carbocycles. The number of aliphatic hydroxyl groups is 1. The molecule has 0 aliphatic heterocycles. The molecule has 0 fully saturated rings. The molecule has 0 unspecified atom stereocenters. The number of nitrogens with two attached hydrogens (primary N) is 1. The second-order valence-electron chi connectivity index (χ2n) is 5.99. The molecule has 0 radical (unpaired) electrons. The molecular weight excluding hydrogens is 394 g/mol. The molecule has 9 N–H and O–H groups in total. The van der Waals surface area contributed by atoms with E-state index in [4.69, 9.17) is 15.9 Å². The van der Waals surface area contributed by atoms with Crippen molar-refractivity contribution in [1.82, 2.24) is 21.3 Å². The fourth-order valence-corrected chi connectivity index (χ4v) is 1.92. The first-order chi connectivity index (χ1) is 13.4. The lowest BCUT2D eigenvalue weighted by molar-refractivity contribution is -0.147. The van der Waals surface area contributed by atoms with Crippen molar-refractivity contribution >= 4 is 35.6 Å². The first-order valence-corrected chi connectivity index (χ1v) is 8.38. The summed E-state index contributed by atoms with van der Waals surface area (Å²) < 4.78 is 0. The summed E-state index contributed by atoms with van der Waals surface area (Å²) in [5.74, 6) is -6.40. The molecule has 0 heterocycles. The van der Waals surface area contributed by atoms with Crippen molar-refractivity contribution in [3.05, 3.63) is 0 Å². The van der Waals surface area contributed by atoms with Crippen molar-refractivity contribution in [2.45, 2.75) is 44.5 Å². The SMILES string of the molecule is C[C@H](NC(=O)[C@@H](NC(=O)CNC(=O)CN)[C@@H](C)O)C(=O)N[C@@H](CC(=O)O)C(=O)O. The van der Waals surface area contributed by atoms with E-state index in [1.807, 2.05) is 5.32 Å². The van der Waals surface area contributed by atoms with Crippen molar-refractivity contribution in [3.63, 3.8) is 0 Å². The van der Waals surface area contributed by atoms with Crippen LogP contribution in [-0.4, -0.2) is 88.2 Å². The molecule has 0 spiro atoms. The molecule has 14 heteroatoms. The van der Waals surface area contributed by atoms with E-state index in [0.717, 1.165) is 0 Å². The zero-order valence-corrected chi connectivity index (χ0v) is 15.8. The summed E-state index contributed by atoms with van der Waals surface area (Å²) in [4.78, 5) is 68.7. The van der Waals surface area contributed by atoms with Crippen LogP contribution in [0.4, 0.5) is 0 Å². The Bertz CT molecular complexity index is 652. The second-order valence-corrected chi connectivity index (χ2v) is 5.99. The summed E-state index contributed by atoms with van der Waals surface area (Å²) in [6.07, 6.45) is -2.25. The molecular formula is C15H25N5O9. The maximum absolute atomic E-state index is 12.2. The summed E-state index contributed by atoms with van der Waals surface area (Å²) in [5, 5.41) is 35.7. The number of aliphatic carboxylic acids is 2. The Kier molecular flexibility index (Phi) is 10.9. The first kappa shape index (κ1) is 25.7. The topological polar surface area (TPSA) is 237 Å². The average Bonchev–Trinajstić information content (AvgIpc) is 2.62. The van der Waals surface area contributed by atoms with Gasteiger partial charge >= 0.3 is 11.9 Å². The predicted octanol–water partition coefficient (Wildman–Crippen LogP) is -4.52. The normalized spacial score (nSPS) is 14.5. The number of rotatable bonds is 12. The van der Waals surface area contributed by atoms with Crippen LogP contribution in [0.3, 0.4) is 0 Å². The third-order valence-corrected chi connectivity index (χ3v) is 3.46. The van der Waals surface area contributed by atoms with E-state index < -0.39 is 72.8 Å². The smallest absolute Gasteiger partial charge is 0.326 e. The number of carbonyl (C=O) groups excluding carboxylic acids is 4. The van der Waals surface area contributed by atoms with Crippen molar-refractivity contribution in [1.29, 1.82) is 0 Å². The minimum atomic E-state index is -1.71. The van der Waals surface area contributed by atoms with Crippen molar-refractivity contribution < 1.29 is 44.1 Å². The summed E-state index contributed by atoms with van der Waals surface area (Å²) in [5.41, 5.74) is 5.06. The van der Waals surface area contributed by atoms with Gasteiger partial charge in [0.1, 0.15) is 18.1 Å². The molecule has 0 aromatic heterocycles. The highest BCUT2D eigenvalue weighted by Gasteiger charge is 2.30. The Morgan fingerprint density at radius 3 is 1.93 bits per heavy atom. The maximum Gasteiger partial charge on any atom is 0.326 e. The number of carbonyl (C=O) groups is 6. The van der Waals surface area contributed by atoms with Crippen LogP contribution in [-0.2, 0) is 28.8 Å². The Balaban J connectivity index is 4.89. The van der Waals surface area contributed by atoms with Gasteiger partial charge in [0.15, 0.2) is 0 Å². The van der Waals surface area contributed by atoms with Gasteiger partial charge < -0.3 is 42.3 Å². The molecule has 4 amide bonds. The minimum Gasteiger partial charge on any atom is -0.481 e. The van der Waals surface area contributed by atoms with Crippen molar-refractivity contribution in [2.75, 3.05) is 13.1 Å². The number of carboxylic acids is 2. The van der Waals surface area contributed by atoms with Crippen molar-refractivity contribution in [2.24, 2.45) is 5.73 Å². The van der Waals surface area contributed by atoms with Crippen LogP contribution >= 0.6 is 0 Å². The summed E-state index contributed by atoms with van der Waals surface area (Å²) >= 11 is 0. The standard InChI is InChI=1S/C15H25N5O9/c1-6(13(26)19-8(15(28)29)3-11(24)25)18-14(27)12(7(2)21)20-10(23)5-17-9(22)4-16/h6-8,12,21H,3-5,16H2,1-2H3,(H,17,22)(H,18,27)(H,19,26)(H,20,23)(H,24,25)(H,28,29)/t6-,7+,8-,12-/m0/s1. The molecule has 164 valence electrons. The zero-order valence-electron chi connectivity index (χ0n) is 15.8. The lowest BCUT2D eigenvalue weighted by atomic mass is 10.1. The Morgan fingerprint density at radius 1 is 0.897 bits per heavy atom. The van der Waals surface area contributed by atoms with Crippen LogP contribution in [0.1, 0.15) is 20.3 Å². The van der Waals surface area contributed by atoms with E-state index >= 15 is 0 Å². The van der Waals surface area contributed by atoms with Gasteiger partial charge in [-0.2, -0.15) is 0 Å². The largest absolute Gasteiger partial charge is 0.481 e. The number of hydrogen-bond acceptors (Lipinski definition) is 8. The number of aliphatic hydroxyl groups excluding tert-OH is 1. The lowest BCUT2D eigenvalue weighted by Gasteiger charge is -2.23. The van der Waals surface area contributed by atoms with Gasteiger partial charge in [0.2, 0.25) is 23.6 Å². The van der Waals surface area contributed by atoms with Gasteiger partial charge in [-0.15, -0.1) is 0 Å². The molecule has 0 rings (SSSR count). The number of amides is 4. The van der Waals surface area contributed by atoms with Crippen LogP contribution < -0.4 is 27.0 Å². The highest BCUT2D eigenvalue weighted by atomic mass is 16.4. The molecule has 0 saturated heterocycles. The first-order valence-electron chi connectivity index (χ1n) is 8.38. The van der Waals surface area contributed by atoms with E-state index in [1.54, 1.807) is 0 Å². The molecule has 0 aromatic rings. The van der Waals surface area contributed by atoms with Crippen LogP contribution in [0.2, 0.25) is 0 Å². The molecule has 29 heavy (non-hydrogen) atoms. The van der Waals surface area contributed by atoms with Crippen LogP contribution in [0, 0.1) is 0 Å². The van der Waals surface area contributed by atoms with Crippen LogP contribution in [0.15, 0.2) is 0 Å². The minimum absolute atomic E-state index is 0.348. The summed E-state index contributed by atoms with van der Waals surface area (Å²) in [6, 6.07) is -4.51. The van der Waals surface area contributed by atoms with Gasteiger partial charge in [0.25, 0.3) is 0 Å². The Labute approximate surface area is 165 Å². The summed E-state index contributed by atoms with van der Waals surface area (Å²) in [7, 11) is 0. The maximum atomic E-state index is 12.2. The summed E-state index contributed by atoms with van der Waals surface area (Å²) in [6.45, 7) is 1.54. The van der Waals surface area contributed by atoms with Crippen LogP contribution in [0.25, 0.3) is 0 Å². The van der Waals surface area contributed by atoms with Gasteiger partial charge in [-0.1, -0.05) is 0 Å². The molecule has 0 aliphatic carbocycles. The Morgan fingerprint density at radius 2 is 1.48 bits per heavy atom. The van der Waals surface area contributed by atoms with Gasteiger partial charge in [-0.25, -0.2) is 4.79 Å². The predicted molar refractivity (Wildman–Crippen MR) is 95.1 cm³/mol. The number of carboxylic acid groups (broad SMARTS) is 2. The number of nitrogens with one attached hydrogen (secondary N) is 4. The van der Waals surface area contributed by atoms with Crippen molar-refractivity contribution in [3.8, 4) is 0 Å². The molecule has 0 aromatic carbocycles. The van der Waals surface area contributed by atoms with Gasteiger partial charge in [0.05, 0.1) is 25.6 Å². The second kappa shape index (κ2) is 12.2. The quantitative estimate of drug-likeness (QED) is 0.151.